The molecule has 2 heterocycles. The molecule has 1 unspecified atom stereocenters. The van der Waals surface area contributed by atoms with Gasteiger partial charge in [0.1, 0.15) is 4.34 Å². The number of thiophene rings is 1. The summed E-state index contributed by atoms with van der Waals surface area (Å²) < 4.78 is 2.41. The molecule has 0 fully saturated rings. The van der Waals surface area contributed by atoms with Crippen LogP contribution in [0.4, 0.5) is 0 Å². The van der Waals surface area contributed by atoms with Crippen molar-refractivity contribution in [3.05, 3.63) is 48.2 Å². The van der Waals surface area contributed by atoms with Gasteiger partial charge < -0.3 is 5.11 Å². The van der Waals surface area contributed by atoms with Crippen molar-refractivity contribution in [2.75, 3.05) is 0 Å². The quantitative estimate of drug-likeness (QED) is 0.821. The number of hydrogen-bond donors (Lipinski definition) is 1. The summed E-state index contributed by atoms with van der Waals surface area (Å²) in [4.78, 5) is 5.07. The van der Waals surface area contributed by atoms with Crippen LogP contribution in [0.15, 0.2) is 33.3 Å². The smallest absolute Gasteiger partial charge is 0.107 e. The van der Waals surface area contributed by atoms with E-state index in [-0.39, 0.29) is 0 Å². The van der Waals surface area contributed by atoms with Crippen molar-refractivity contribution in [3.63, 3.8) is 0 Å². The molecule has 17 heavy (non-hydrogen) atoms. The van der Waals surface area contributed by atoms with Gasteiger partial charge in [0.25, 0.3) is 0 Å². The van der Waals surface area contributed by atoms with Crippen molar-refractivity contribution < 1.29 is 5.11 Å². The average Bonchev–Trinajstić information content (AvgIpc) is 2.63. The maximum absolute atomic E-state index is 10.1. The maximum Gasteiger partial charge on any atom is 0.107 e. The summed E-state index contributed by atoms with van der Waals surface area (Å²) in [7, 11) is 0. The van der Waals surface area contributed by atoms with Crippen molar-refractivity contribution in [2.24, 2.45) is 0 Å². The summed E-state index contributed by atoms with van der Waals surface area (Å²) >= 11 is 14.0. The minimum Gasteiger partial charge on any atom is -0.387 e. The van der Waals surface area contributed by atoms with Crippen molar-refractivity contribution in [2.45, 2.75) is 12.5 Å². The molecule has 0 aromatic carbocycles. The highest BCUT2D eigenvalue weighted by Gasteiger charge is 2.14. The number of nitrogens with zero attached hydrogens (tertiary/aromatic N) is 1. The predicted octanol–water partition coefficient (Wildman–Crippen LogP) is 4.60. The fraction of sp³-hybridized carbons (Fsp3) is 0.182. The van der Waals surface area contributed by atoms with E-state index in [1.807, 2.05) is 18.2 Å². The first-order chi connectivity index (χ1) is 8.06. The van der Waals surface area contributed by atoms with Gasteiger partial charge in [-0.1, -0.05) is 11.6 Å². The van der Waals surface area contributed by atoms with Crippen molar-refractivity contribution >= 4 is 54.8 Å². The molecule has 0 aliphatic heterocycles. The van der Waals surface area contributed by atoms with E-state index in [4.69, 9.17) is 11.6 Å². The number of rotatable bonds is 3. The molecular weight excluding hydrogens is 389 g/mol. The second-order valence-electron chi connectivity index (χ2n) is 3.46. The summed E-state index contributed by atoms with van der Waals surface area (Å²) in [6, 6.07) is 5.64. The lowest BCUT2D eigenvalue weighted by Crippen LogP contribution is -2.01. The van der Waals surface area contributed by atoms with Gasteiger partial charge in [0, 0.05) is 32.1 Å². The fourth-order valence-electron chi connectivity index (χ4n) is 1.35. The Morgan fingerprint density at radius 1 is 1.41 bits per heavy atom. The number of aromatic nitrogens is 1. The molecule has 0 spiro atoms. The SMILES string of the molecule is OC(Cc1ccc(Br)cn1)c1cc(Br)c(Cl)s1. The fourth-order valence-corrected chi connectivity index (χ4v) is 3.31. The Labute approximate surface area is 125 Å². The molecule has 2 aromatic heterocycles. The van der Waals surface area contributed by atoms with Crippen molar-refractivity contribution in [3.8, 4) is 0 Å². The molecule has 0 aliphatic carbocycles. The van der Waals surface area contributed by atoms with Crippen LogP contribution >= 0.6 is 54.8 Å². The van der Waals surface area contributed by atoms with E-state index in [0.29, 0.717) is 10.8 Å². The molecule has 1 atom stereocenters. The number of aliphatic hydroxyl groups is 1. The van der Waals surface area contributed by atoms with Crippen LogP contribution < -0.4 is 0 Å². The molecule has 0 amide bonds. The van der Waals surface area contributed by atoms with Crippen LogP contribution in [-0.4, -0.2) is 10.1 Å². The minimum absolute atomic E-state index is 0.483. The van der Waals surface area contributed by atoms with Crippen LogP contribution in [0.2, 0.25) is 4.34 Å². The van der Waals surface area contributed by atoms with E-state index < -0.39 is 6.10 Å². The highest BCUT2D eigenvalue weighted by Crippen LogP contribution is 2.35. The van der Waals surface area contributed by atoms with Crippen molar-refractivity contribution in [1.82, 2.24) is 4.98 Å². The van der Waals surface area contributed by atoms with E-state index in [1.165, 1.54) is 11.3 Å². The van der Waals surface area contributed by atoms with Gasteiger partial charge in [-0.25, -0.2) is 0 Å². The molecular formula is C11H8Br2ClNOS. The zero-order valence-corrected chi connectivity index (χ0v) is 13.3. The lowest BCUT2D eigenvalue weighted by Gasteiger charge is -2.07. The molecule has 0 aliphatic rings. The normalized spacial score (nSPS) is 12.7. The largest absolute Gasteiger partial charge is 0.387 e. The predicted molar refractivity (Wildman–Crippen MR) is 77.6 cm³/mol. The average molecular weight is 398 g/mol. The highest BCUT2D eigenvalue weighted by atomic mass is 79.9. The van der Waals surface area contributed by atoms with Gasteiger partial charge >= 0.3 is 0 Å². The third-order valence-electron chi connectivity index (χ3n) is 2.18. The Kier molecular flexibility index (Phi) is 4.60. The molecule has 2 rings (SSSR count). The number of hydrogen-bond acceptors (Lipinski definition) is 3. The summed E-state index contributed by atoms with van der Waals surface area (Å²) in [5.74, 6) is 0. The Morgan fingerprint density at radius 3 is 2.71 bits per heavy atom. The van der Waals surface area contributed by atoms with Crippen LogP contribution in [0.1, 0.15) is 16.7 Å². The topological polar surface area (TPSA) is 33.1 Å². The summed E-state index contributed by atoms with van der Waals surface area (Å²) in [6.45, 7) is 0. The minimum atomic E-state index is -0.572. The first-order valence-corrected chi connectivity index (χ1v) is 7.57. The molecule has 6 heteroatoms. The third kappa shape index (κ3) is 3.51. The second-order valence-corrected chi connectivity index (χ2v) is 6.91. The molecule has 0 saturated carbocycles. The van der Waals surface area contributed by atoms with Crippen LogP contribution in [0.5, 0.6) is 0 Å². The zero-order chi connectivity index (χ0) is 12.4. The van der Waals surface area contributed by atoms with E-state index in [1.54, 1.807) is 6.20 Å². The molecule has 90 valence electrons. The Bertz CT molecular complexity index is 495. The number of halogens is 3. The molecule has 2 aromatic rings. The molecule has 0 saturated heterocycles. The van der Waals surface area contributed by atoms with Gasteiger partial charge in [0.15, 0.2) is 0 Å². The first kappa shape index (κ1) is 13.5. The summed E-state index contributed by atoms with van der Waals surface area (Å²) in [6.07, 6.45) is 1.63. The standard InChI is InChI=1S/C11H8Br2ClNOS/c12-6-1-2-7(15-5-6)3-9(16)10-4-8(13)11(14)17-10/h1-2,4-5,9,16H,3H2. The molecule has 0 bridgehead atoms. The first-order valence-electron chi connectivity index (χ1n) is 4.79. The van der Waals surface area contributed by atoms with Gasteiger partial charge in [-0.05, 0) is 50.1 Å². The number of pyridine rings is 1. The number of aliphatic hydroxyl groups excluding tert-OH is 1. The van der Waals surface area contributed by atoms with Gasteiger partial charge in [0.2, 0.25) is 0 Å². The lowest BCUT2D eigenvalue weighted by molar-refractivity contribution is 0.181. The van der Waals surface area contributed by atoms with E-state index in [9.17, 15) is 5.11 Å². The third-order valence-corrected chi connectivity index (χ3v) is 5.23. The lowest BCUT2D eigenvalue weighted by atomic mass is 10.1. The van der Waals surface area contributed by atoms with Crippen LogP contribution in [-0.2, 0) is 6.42 Å². The molecule has 2 nitrogen and oxygen atoms in total. The zero-order valence-electron chi connectivity index (χ0n) is 8.53. The monoisotopic (exact) mass is 395 g/mol. The van der Waals surface area contributed by atoms with E-state index in [2.05, 4.69) is 36.8 Å². The Balaban J connectivity index is 2.11. The van der Waals surface area contributed by atoms with Crippen molar-refractivity contribution in [1.29, 1.82) is 0 Å². The van der Waals surface area contributed by atoms with Crippen LogP contribution in [0.3, 0.4) is 0 Å². The highest BCUT2D eigenvalue weighted by molar-refractivity contribution is 9.10. The van der Waals surface area contributed by atoms with Gasteiger partial charge in [-0.15, -0.1) is 11.3 Å². The van der Waals surface area contributed by atoms with Crippen LogP contribution in [0, 0.1) is 0 Å². The molecule has 1 N–H and O–H groups in total. The molecule has 0 radical (unpaired) electrons. The van der Waals surface area contributed by atoms with Gasteiger partial charge in [0.05, 0.1) is 6.10 Å². The summed E-state index contributed by atoms with van der Waals surface area (Å²) in [5, 5.41) is 10.1. The Morgan fingerprint density at radius 2 is 2.18 bits per heavy atom. The van der Waals surface area contributed by atoms with Crippen LogP contribution in [0.25, 0.3) is 0 Å². The van der Waals surface area contributed by atoms with Gasteiger partial charge in [-0.3, -0.25) is 4.98 Å². The Hall–Kier alpha value is 0.0600. The maximum atomic E-state index is 10.1. The second kappa shape index (κ2) is 5.80. The van der Waals surface area contributed by atoms with E-state index >= 15 is 0 Å². The summed E-state index contributed by atoms with van der Waals surface area (Å²) in [5.41, 5.74) is 0.848. The van der Waals surface area contributed by atoms with E-state index in [0.717, 1.165) is 19.5 Å². The van der Waals surface area contributed by atoms with Gasteiger partial charge in [-0.2, -0.15) is 0 Å².